The summed E-state index contributed by atoms with van der Waals surface area (Å²) >= 11 is 3.29. The second-order valence-corrected chi connectivity index (χ2v) is 4.68. The number of halogens is 1. The SMILES string of the molecule is COc1ccc(CNc2ncc(Br)cn2)cc1OC. The number of hydrogen-bond donors (Lipinski definition) is 1. The van der Waals surface area contributed by atoms with Crippen LogP contribution >= 0.6 is 15.9 Å². The molecule has 2 aromatic rings. The van der Waals surface area contributed by atoms with E-state index < -0.39 is 0 Å². The summed E-state index contributed by atoms with van der Waals surface area (Å²) in [5.41, 5.74) is 1.06. The topological polar surface area (TPSA) is 56.3 Å². The molecule has 0 amide bonds. The maximum Gasteiger partial charge on any atom is 0.222 e. The average Bonchev–Trinajstić information content (AvgIpc) is 2.46. The Kier molecular flexibility index (Phi) is 4.57. The molecule has 0 aliphatic carbocycles. The minimum absolute atomic E-state index is 0.581. The van der Waals surface area contributed by atoms with Gasteiger partial charge in [0.2, 0.25) is 5.95 Å². The van der Waals surface area contributed by atoms with Crippen LogP contribution in [-0.2, 0) is 6.54 Å². The zero-order valence-corrected chi connectivity index (χ0v) is 12.3. The molecular formula is C13H14BrN3O2. The van der Waals surface area contributed by atoms with Crippen LogP contribution in [0.2, 0.25) is 0 Å². The van der Waals surface area contributed by atoms with E-state index in [2.05, 4.69) is 31.2 Å². The number of benzene rings is 1. The minimum Gasteiger partial charge on any atom is -0.493 e. The predicted molar refractivity (Wildman–Crippen MR) is 76.6 cm³/mol. The summed E-state index contributed by atoms with van der Waals surface area (Å²) in [4.78, 5) is 8.29. The van der Waals surface area contributed by atoms with Crippen molar-refractivity contribution in [1.29, 1.82) is 0 Å². The van der Waals surface area contributed by atoms with Crippen molar-refractivity contribution in [2.75, 3.05) is 19.5 Å². The number of anilines is 1. The highest BCUT2D eigenvalue weighted by Crippen LogP contribution is 2.27. The second kappa shape index (κ2) is 6.38. The Balaban J connectivity index is 2.05. The maximum atomic E-state index is 5.25. The van der Waals surface area contributed by atoms with E-state index in [0.29, 0.717) is 24.0 Å². The molecule has 2 rings (SSSR count). The molecule has 0 saturated heterocycles. The number of rotatable bonds is 5. The van der Waals surface area contributed by atoms with Gasteiger partial charge in [-0.15, -0.1) is 0 Å². The van der Waals surface area contributed by atoms with Crippen LogP contribution in [0.5, 0.6) is 11.5 Å². The molecule has 0 aliphatic rings. The zero-order valence-electron chi connectivity index (χ0n) is 10.7. The number of methoxy groups -OCH3 is 2. The molecule has 1 N–H and O–H groups in total. The lowest BCUT2D eigenvalue weighted by Gasteiger charge is -2.10. The Morgan fingerprint density at radius 1 is 1.11 bits per heavy atom. The van der Waals surface area contributed by atoms with Gasteiger partial charge in [0.1, 0.15) is 0 Å². The first kappa shape index (κ1) is 13.6. The predicted octanol–water partition coefficient (Wildman–Crippen LogP) is 2.87. The van der Waals surface area contributed by atoms with Gasteiger partial charge < -0.3 is 14.8 Å². The van der Waals surface area contributed by atoms with Gasteiger partial charge in [0.25, 0.3) is 0 Å². The Bertz CT molecular complexity index is 546. The van der Waals surface area contributed by atoms with E-state index in [0.717, 1.165) is 10.0 Å². The second-order valence-electron chi connectivity index (χ2n) is 3.77. The van der Waals surface area contributed by atoms with Gasteiger partial charge in [-0.05, 0) is 33.6 Å². The van der Waals surface area contributed by atoms with E-state index in [1.165, 1.54) is 0 Å². The lowest BCUT2D eigenvalue weighted by atomic mass is 10.2. The highest BCUT2D eigenvalue weighted by Gasteiger charge is 2.04. The van der Waals surface area contributed by atoms with E-state index in [1.54, 1.807) is 26.6 Å². The van der Waals surface area contributed by atoms with Crippen molar-refractivity contribution in [3.8, 4) is 11.5 Å². The number of ether oxygens (including phenoxy) is 2. The molecule has 1 aromatic carbocycles. The molecule has 0 saturated carbocycles. The van der Waals surface area contributed by atoms with Gasteiger partial charge in [-0.25, -0.2) is 9.97 Å². The molecule has 19 heavy (non-hydrogen) atoms. The maximum absolute atomic E-state index is 5.25. The first-order valence-corrected chi connectivity index (χ1v) is 6.44. The molecule has 0 aliphatic heterocycles. The minimum atomic E-state index is 0.581. The third-order valence-electron chi connectivity index (χ3n) is 2.52. The van der Waals surface area contributed by atoms with Crippen molar-refractivity contribution in [3.63, 3.8) is 0 Å². The van der Waals surface area contributed by atoms with E-state index in [1.807, 2.05) is 18.2 Å². The average molecular weight is 324 g/mol. The van der Waals surface area contributed by atoms with E-state index >= 15 is 0 Å². The van der Waals surface area contributed by atoms with Gasteiger partial charge in [0.05, 0.1) is 18.7 Å². The number of nitrogens with zero attached hydrogens (tertiary/aromatic N) is 2. The van der Waals surface area contributed by atoms with Crippen molar-refractivity contribution in [1.82, 2.24) is 9.97 Å². The highest BCUT2D eigenvalue weighted by atomic mass is 79.9. The van der Waals surface area contributed by atoms with Crippen LogP contribution < -0.4 is 14.8 Å². The smallest absolute Gasteiger partial charge is 0.222 e. The fraction of sp³-hybridized carbons (Fsp3) is 0.231. The van der Waals surface area contributed by atoms with Crippen molar-refractivity contribution in [2.45, 2.75) is 6.54 Å². The van der Waals surface area contributed by atoms with Gasteiger partial charge >= 0.3 is 0 Å². The fourth-order valence-corrected chi connectivity index (χ4v) is 1.78. The van der Waals surface area contributed by atoms with Crippen LogP contribution in [0.4, 0.5) is 5.95 Å². The molecular weight excluding hydrogens is 310 g/mol. The summed E-state index contributed by atoms with van der Waals surface area (Å²) in [7, 11) is 3.23. The Morgan fingerprint density at radius 2 is 1.79 bits per heavy atom. The number of nitrogens with one attached hydrogen (secondary N) is 1. The van der Waals surface area contributed by atoms with Gasteiger partial charge in [0.15, 0.2) is 11.5 Å². The molecule has 0 radical (unpaired) electrons. The lowest BCUT2D eigenvalue weighted by Crippen LogP contribution is -2.03. The molecule has 1 heterocycles. The van der Waals surface area contributed by atoms with Crippen molar-refractivity contribution in [3.05, 3.63) is 40.6 Å². The summed E-state index contributed by atoms with van der Waals surface area (Å²) in [6, 6.07) is 5.76. The monoisotopic (exact) mass is 323 g/mol. The normalized spacial score (nSPS) is 10.1. The van der Waals surface area contributed by atoms with Gasteiger partial charge in [-0.2, -0.15) is 0 Å². The Hall–Kier alpha value is -1.82. The number of aromatic nitrogens is 2. The molecule has 5 nitrogen and oxygen atoms in total. The van der Waals surface area contributed by atoms with Crippen LogP contribution in [-0.4, -0.2) is 24.2 Å². The molecule has 0 bridgehead atoms. The molecule has 0 atom stereocenters. The Labute approximate surface area is 120 Å². The summed E-state index contributed by atoms with van der Waals surface area (Å²) in [5.74, 6) is 2.00. The lowest BCUT2D eigenvalue weighted by molar-refractivity contribution is 0.354. The molecule has 0 fully saturated rings. The summed E-state index contributed by atoms with van der Waals surface area (Å²) in [6.07, 6.45) is 3.40. The van der Waals surface area contributed by atoms with Crippen molar-refractivity contribution >= 4 is 21.9 Å². The summed E-state index contributed by atoms with van der Waals surface area (Å²) in [5, 5.41) is 3.14. The molecule has 100 valence electrons. The molecule has 1 aromatic heterocycles. The summed E-state index contributed by atoms with van der Waals surface area (Å²) < 4.78 is 11.3. The quantitative estimate of drug-likeness (QED) is 0.916. The Morgan fingerprint density at radius 3 is 2.42 bits per heavy atom. The third kappa shape index (κ3) is 3.57. The van der Waals surface area contributed by atoms with E-state index in [-0.39, 0.29) is 0 Å². The van der Waals surface area contributed by atoms with Gasteiger partial charge in [-0.3, -0.25) is 0 Å². The van der Waals surface area contributed by atoms with Crippen molar-refractivity contribution in [2.24, 2.45) is 0 Å². The standard InChI is InChI=1S/C13H14BrN3O2/c1-18-11-4-3-9(5-12(11)19-2)6-15-13-16-7-10(14)8-17-13/h3-5,7-8H,6H2,1-2H3,(H,15,16,17). The van der Waals surface area contributed by atoms with Crippen LogP contribution in [0.25, 0.3) is 0 Å². The third-order valence-corrected chi connectivity index (χ3v) is 2.93. The van der Waals surface area contributed by atoms with Gasteiger partial charge in [-0.1, -0.05) is 6.07 Å². The van der Waals surface area contributed by atoms with Crippen LogP contribution in [0.15, 0.2) is 35.1 Å². The zero-order chi connectivity index (χ0) is 13.7. The molecule has 6 heteroatoms. The first-order valence-electron chi connectivity index (χ1n) is 5.65. The van der Waals surface area contributed by atoms with E-state index in [9.17, 15) is 0 Å². The van der Waals surface area contributed by atoms with Gasteiger partial charge in [0, 0.05) is 18.9 Å². The number of hydrogen-bond acceptors (Lipinski definition) is 5. The van der Waals surface area contributed by atoms with Crippen LogP contribution in [0.3, 0.4) is 0 Å². The largest absolute Gasteiger partial charge is 0.493 e. The summed E-state index contributed by atoms with van der Waals surface area (Å²) in [6.45, 7) is 0.613. The first-order chi connectivity index (χ1) is 9.22. The van der Waals surface area contributed by atoms with E-state index in [4.69, 9.17) is 9.47 Å². The van der Waals surface area contributed by atoms with Crippen LogP contribution in [0.1, 0.15) is 5.56 Å². The molecule has 0 spiro atoms. The van der Waals surface area contributed by atoms with Crippen molar-refractivity contribution < 1.29 is 9.47 Å². The molecule has 0 unspecified atom stereocenters. The van der Waals surface area contributed by atoms with Crippen LogP contribution in [0, 0.1) is 0 Å². The highest BCUT2D eigenvalue weighted by molar-refractivity contribution is 9.10. The fourth-order valence-electron chi connectivity index (χ4n) is 1.58.